The minimum absolute atomic E-state index is 0.281. The predicted molar refractivity (Wildman–Crippen MR) is 85.6 cm³/mol. The van der Waals surface area contributed by atoms with Crippen molar-refractivity contribution in [2.45, 2.75) is 6.92 Å². The molecule has 0 saturated heterocycles. The normalized spacial score (nSPS) is 10.5. The van der Waals surface area contributed by atoms with Gasteiger partial charge >= 0.3 is 11.8 Å². The standard InChI is InChI=1S/C15H12N4O3S/c1-8-11(12(19-22-8)9-5-3-2-4-6-9)10-7-23-15(17-10)18-14(21)13(16)20/h2-7H,1H3,(H2,16,20)(H,17,18,21). The van der Waals surface area contributed by atoms with Gasteiger partial charge in [0.25, 0.3) is 0 Å². The Morgan fingerprint density at radius 1 is 1.26 bits per heavy atom. The van der Waals surface area contributed by atoms with Crippen LogP contribution in [0.1, 0.15) is 5.76 Å². The Morgan fingerprint density at radius 2 is 2.00 bits per heavy atom. The quantitative estimate of drug-likeness (QED) is 0.716. The minimum Gasteiger partial charge on any atom is -0.361 e. The van der Waals surface area contributed by atoms with Gasteiger partial charge in [0.05, 0.1) is 11.3 Å². The van der Waals surface area contributed by atoms with Gasteiger partial charge in [0.2, 0.25) is 0 Å². The van der Waals surface area contributed by atoms with Gasteiger partial charge in [-0.15, -0.1) is 11.3 Å². The number of hydrogen-bond donors (Lipinski definition) is 2. The van der Waals surface area contributed by atoms with Crippen LogP contribution in [0.2, 0.25) is 0 Å². The van der Waals surface area contributed by atoms with E-state index in [-0.39, 0.29) is 5.13 Å². The van der Waals surface area contributed by atoms with Gasteiger partial charge in [-0.3, -0.25) is 14.9 Å². The van der Waals surface area contributed by atoms with Crippen molar-refractivity contribution in [3.05, 3.63) is 41.5 Å². The molecule has 0 atom stereocenters. The highest BCUT2D eigenvalue weighted by atomic mass is 32.1. The number of nitrogens with two attached hydrogens (primary N) is 1. The van der Waals surface area contributed by atoms with Crippen molar-refractivity contribution < 1.29 is 14.1 Å². The summed E-state index contributed by atoms with van der Waals surface area (Å²) < 4.78 is 5.29. The van der Waals surface area contributed by atoms with Crippen LogP contribution in [0.15, 0.2) is 40.2 Å². The molecule has 1 aromatic carbocycles. The summed E-state index contributed by atoms with van der Waals surface area (Å²) in [6.45, 7) is 1.79. The van der Waals surface area contributed by atoms with Crippen LogP contribution in [0.5, 0.6) is 0 Å². The maximum atomic E-state index is 11.3. The first kappa shape index (κ1) is 14.9. The Balaban J connectivity index is 1.97. The molecule has 8 heteroatoms. The number of amides is 2. The molecular formula is C15H12N4O3S. The lowest BCUT2D eigenvalue weighted by molar-refractivity contribution is -0.134. The van der Waals surface area contributed by atoms with Crippen molar-refractivity contribution in [1.82, 2.24) is 10.1 Å². The summed E-state index contributed by atoms with van der Waals surface area (Å²) in [7, 11) is 0. The number of hydrogen-bond acceptors (Lipinski definition) is 6. The molecule has 7 nitrogen and oxygen atoms in total. The van der Waals surface area contributed by atoms with Crippen molar-refractivity contribution in [2.24, 2.45) is 5.73 Å². The predicted octanol–water partition coefficient (Wildman–Crippen LogP) is 2.20. The third-order valence-corrected chi connectivity index (χ3v) is 3.87. The molecule has 0 spiro atoms. The van der Waals surface area contributed by atoms with Gasteiger partial charge in [0.1, 0.15) is 11.5 Å². The number of benzene rings is 1. The molecule has 0 aliphatic rings. The maximum absolute atomic E-state index is 11.3. The lowest BCUT2D eigenvalue weighted by Crippen LogP contribution is -2.29. The molecule has 2 aromatic heterocycles. The Bertz CT molecular complexity index is 870. The van der Waals surface area contributed by atoms with E-state index in [0.717, 1.165) is 11.1 Å². The molecule has 116 valence electrons. The Kier molecular flexibility index (Phi) is 3.90. The zero-order chi connectivity index (χ0) is 16.4. The molecule has 2 heterocycles. The van der Waals surface area contributed by atoms with Crippen LogP contribution in [0.4, 0.5) is 5.13 Å². The molecule has 0 aliphatic heterocycles. The topological polar surface area (TPSA) is 111 Å². The Hall–Kier alpha value is -3.00. The molecule has 23 heavy (non-hydrogen) atoms. The largest absolute Gasteiger partial charge is 0.361 e. The Morgan fingerprint density at radius 3 is 2.70 bits per heavy atom. The number of aromatic nitrogens is 2. The summed E-state index contributed by atoms with van der Waals surface area (Å²) >= 11 is 1.19. The zero-order valence-electron chi connectivity index (χ0n) is 12.1. The molecule has 0 fully saturated rings. The first-order valence-electron chi connectivity index (χ1n) is 6.64. The van der Waals surface area contributed by atoms with E-state index in [2.05, 4.69) is 15.5 Å². The molecule has 0 saturated carbocycles. The second kappa shape index (κ2) is 6.01. The van der Waals surface area contributed by atoms with Crippen LogP contribution in [0.25, 0.3) is 22.5 Å². The van der Waals surface area contributed by atoms with Crippen LogP contribution in [0, 0.1) is 6.92 Å². The van der Waals surface area contributed by atoms with Gasteiger partial charge < -0.3 is 10.3 Å². The summed E-state index contributed by atoms with van der Waals surface area (Å²) in [5.41, 5.74) is 7.82. The molecule has 0 bridgehead atoms. The van der Waals surface area contributed by atoms with Crippen molar-refractivity contribution in [3.8, 4) is 22.5 Å². The lowest BCUT2D eigenvalue weighted by Gasteiger charge is -2.00. The smallest absolute Gasteiger partial charge is 0.315 e. The fourth-order valence-corrected chi connectivity index (χ4v) is 2.77. The number of carbonyl (C=O) groups excluding carboxylic acids is 2. The fourth-order valence-electron chi connectivity index (χ4n) is 2.07. The number of primary amides is 1. The van der Waals surface area contributed by atoms with Gasteiger partial charge in [-0.1, -0.05) is 35.5 Å². The molecule has 3 aromatic rings. The summed E-state index contributed by atoms with van der Waals surface area (Å²) in [6, 6.07) is 9.56. The van der Waals surface area contributed by atoms with Crippen molar-refractivity contribution >= 4 is 28.3 Å². The van der Waals surface area contributed by atoms with Crippen LogP contribution < -0.4 is 11.1 Å². The van der Waals surface area contributed by atoms with E-state index in [1.54, 1.807) is 12.3 Å². The number of nitrogens with one attached hydrogen (secondary N) is 1. The van der Waals surface area contributed by atoms with Crippen molar-refractivity contribution in [3.63, 3.8) is 0 Å². The van der Waals surface area contributed by atoms with Gasteiger partial charge in [-0.05, 0) is 6.92 Å². The highest BCUT2D eigenvalue weighted by Crippen LogP contribution is 2.35. The van der Waals surface area contributed by atoms with Crippen LogP contribution >= 0.6 is 11.3 Å². The van der Waals surface area contributed by atoms with Gasteiger partial charge in [0.15, 0.2) is 5.13 Å². The Labute approximate surface area is 135 Å². The molecule has 0 unspecified atom stereocenters. The number of nitrogens with zero attached hydrogens (tertiary/aromatic N) is 2. The van der Waals surface area contributed by atoms with Crippen molar-refractivity contribution in [2.75, 3.05) is 5.32 Å². The lowest BCUT2D eigenvalue weighted by atomic mass is 10.0. The number of thiazole rings is 1. The highest BCUT2D eigenvalue weighted by molar-refractivity contribution is 7.14. The molecule has 0 radical (unpaired) electrons. The van der Waals surface area contributed by atoms with E-state index in [1.165, 1.54) is 11.3 Å². The van der Waals surface area contributed by atoms with E-state index in [1.807, 2.05) is 30.3 Å². The first-order chi connectivity index (χ1) is 11.1. The number of carbonyl (C=O) groups is 2. The second-order valence-electron chi connectivity index (χ2n) is 4.68. The van der Waals surface area contributed by atoms with Crippen molar-refractivity contribution in [1.29, 1.82) is 0 Å². The SMILES string of the molecule is Cc1onc(-c2ccccc2)c1-c1csc(NC(=O)C(N)=O)n1. The highest BCUT2D eigenvalue weighted by Gasteiger charge is 2.20. The van der Waals surface area contributed by atoms with E-state index in [9.17, 15) is 9.59 Å². The monoisotopic (exact) mass is 328 g/mol. The average molecular weight is 328 g/mol. The van der Waals surface area contributed by atoms with Gasteiger partial charge in [-0.2, -0.15) is 0 Å². The van der Waals surface area contributed by atoms with E-state index in [4.69, 9.17) is 10.3 Å². The van der Waals surface area contributed by atoms with E-state index < -0.39 is 11.8 Å². The molecule has 3 N–H and O–H groups in total. The summed E-state index contributed by atoms with van der Waals surface area (Å²) in [5, 5.41) is 8.47. The fraction of sp³-hybridized carbons (Fsp3) is 0.0667. The number of anilines is 1. The van der Waals surface area contributed by atoms with E-state index in [0.29, 0.717) is 17.1 Å². The minimum atomic E-state index is -1.06. The number of aryl methyl sites for hydroxylation is 1. The summed E-state index contributed by atoms with van der Waals surface area (Å²) in [4.78, 5) is 26.4. The van der Waals surface area contributed by atoms with Crippen LogP contribution in [-0.4, -0.2) is 22.0 Å². The average Bonchev–Trinajstić information content (AvgIpc) is 3.14. The van der Waals surface area contributed by atoms with Crippen LogP contribution in [0.3, 0.4) is 0 Å². The van der Waals surface area contributed by atoms with E-state index >= 15 is 0 Å². The van der Waals surface area contributed by atoms with Gasteiger partial charge in [-0.25, -0.2) is 4.98 Å². The van der Waals surface area contributed by atoms with Crippen LogP contribution in [-0.2, 0) is 9.59 Å². The summed E-state index contributed by atoms with van der Waals surface area (Å²) in [5.74, 6) is -1.36. The molecule has 2 amide bonds. The second-order valence-corrected chi connectivity index (χ2v) is 5.54. The maximum Gasteiger partial charge on any atom is 0.315 e. The first-order valence-corrected chi connectivity index (χ1v) is 7.52. The summed E-state index contributed by atoms with van der Waals surface area (Å²) in [6.07, 6.45) is 0. The zero-order valence-corrected chi connectivity index (χ0v) is 12.9. The molecule has 3 rings (SSSR count). The number of rotatable bonds is 3. The molecular weight excluding hydrogens is 316 g/mol. The third kappa shape index (κ3) is 2.97. The third-order valence-electron chi connectivity index (χ3n) is 3.11. The van der Waals surface area contributed by atoms with Gasteiger partial charge in [0, 0.05) is 10.9 Å². The molecule has 0 aliphatic carbocycles.